The van der Waals surface area contributed by atoms with Crippen LogP contribution in [0.1, 0.15) is 28.7 Å². The quantitative estimate of drug-likeness (QED) is 0.612. The van der Waals surface area contributed by atoms with Crippen LogP contribution in [0.3, 0.4) is 0 Å². The van der Waals surface area contributed by atoms with Gasteiger partial charge in [-0.1, -0.05) is 24.3 Å². The first kappa shape index (κ1) is 10.9. The molecule has 0 aliphatic heterocycles. The number of furan rings is 1. The summed E-state index contributed by atoms with van der Waals surface area (Å²) in [6.07, 6.45) is 0. The van der Waals surface area contributed by atoms with Gasteiger partial charge < -0.3 is 4.42 Å². The standard InChI is InChI=1S/C13H16N2O/c1-9-5-3-4-6-11(9)13(15-14)12-8-7-10(2)16-12/h3-8,13,15H,14H2,1-2H3. The second-order valence-corrected chi connectivity index (χ2v) is 3.90. The molecule has 2 aromatic rings. The van der Waals surface area contributed by atoms with Gasteiger partial charge in [-0.05, 0) is 37.1 Å². The zero-order chi connectivity index (χ0) is 11.5. The zero-order valence-corrected chi connectivity index (χ0v) is 9.53. The fraction of sp³-hybridized carbons (Fsp3) is 0.231. The molecule has 0 bridgehead atoms. The van der Waals surface area contributed by atoms with E-state index in [1.807, 2.05) is 31.2 Å². The molecule has 1 aromatic heterocycles. The Labute approximate surface area is 95.2 Å². The van der Waals surface area contributed by atoms with Gasteiger partial charge in [0.1, 0.15) is 17.6 Å². The molecule has 0 fully saturated rings. The van der Waals surface area contributed by atoms with Crippen LogP contribution in [0.5, 0.6) is 0 Å². The van der Waals surface area contributed by atoms with Gasteiger partial charge in [-0.3, -0.25) is 5.84 Å². The highest BCUT2D eigenvalue weighted by Gasteiger charge is 2.17. The zero-order valence-electron chi connectivity index (χ0n) is 9.53. The van der Waals surface area contributed by atoms with E-state index in [0.717, 1.165) is 17.1 Å². The summed E-state index contributed by atoms with van der Waals surface area (Å²) in [4.78, 5) is 0. The lowest BCUT2D eigenvalue weighted by Crippen LogP contribution is -2.29. The summed E-state index contributed by atoms with van der Waals surface area (Å²) in [5.41, 5.74) is 5.13. The Morgan fingerprint density at radius 3 is 2.44 bits per heavy atom. The Bertz CT molecular complexity index is 476. The third-order valence-corrected chi connectivity index (χ3v) is 2.71. The molecule has 3 heteroatoms. The smallest absolute Gasteiger partial charge is 0.126 e. The van der Waals surface area contributed by atoms with Crippen LogP contribution in [0.15, 0.2) is 40.8 Å². The summed E-state index contributed by atoms with van der Waals surface area (Å²) in [7, 11) is 0. The van der Waals surface area contributed by atoms with Crippen LogP contribution in [0.4, 0.5) is 0 Å². The van der Waals surface area contributed by atoms with Crippen molar-refractivity contribution in [1.82, 2.24) is 5.43 Å². The van der Waals surface area contributed by atoms with Crippen LogP contribution in [0, 0.1) is 13.8 Å². The van der Waals surface area contributed by atoms with Crippen molar-refractivity contribution in [3.05, 3.63) is 59.0 Å². The Morgan fingerprint density at radius 1 is 1.12 bits per heavy atom. The van der Waals surface area contributed by atoms with E-state index in [4.69, 9.17) is 10.3 Å². The van der Waals surface area contributed by atoms with E-state index in [-0.39, 0.29) is 6.04 Å². The minimum atomic E-state index is -0.0881. The van der Waals surface area contributed by atoms with Crippen molar-refractivity contribution in [1.29, 1.82) is 0 Å². The summed E-state index contributed by atoms with van der Waals surface area (Å²) in [6, 6.07) is 11.9. The average Bonchev–Trinajstić information content (AvgIpc) is 2.69. The summed E-state index contributed by atoms with van der Waals surface area (Å²) < 4.78 is 5.60. The van der Waals surface area contributed by atoms with Crippen LogP contribution in [0.25, 0.3) is 0 Å². The molecule has 0 aliphatic rings. The topological polar surface area (TPSA) is 51.2 Å². The number of aryl methyl sites for hydroxylation is 2. The first-order chi connectivity index (χ1) is 7.72. The summed E-state index contributed by atoms with van der Waals surface area (Å²) >= 11 is 0. The molecule has 3 N–H and O–H groups in total. The maximum absolute atomic E-state index is 5.60. The van der Waals surface area contributed by atoms with Gasteiger partial charge in [0.15, 0.2) is 0 Å². The van der Waals surface area contributed by atoms with Gasteiger partial charge in [0, 0.05) is 0 Å². The highest BCUT2D eigenvalue weighted by atomic mass is 16.3. The van der Waals surface area contributed by atoms with E-state index in [1.54, 1.807) is 0 Å². The molecule has 1 aromatic carbocycles. The highest BCUT2D eigenvalue weighted by Crippen LogP contribution is 2.25. The Balaban J connectivity index is 2.40. The number of nitrogens with two attached hydrogens (primary N) is 1. The van der Waals surface area contributed by atoms with Crippen molar-refractivity contribution in [2.24, 2.45) is 5.84 Å². The molecule has 0 saturated carbocycles. The van der Waals surface area contributed by atoms with Crippen molar-refractivity contribution < 1.29 is 4.42 Å². The van der Waals surface area contributed by atoms with E-state index < -0.39 is 0 Å². The van der Waals surface area contributed by atoms with E-state index in [1.165, 1.54) is 5.56 Å². The third kappa shape index (κ3) is 2.01. The van der Waals surface area contributed by atoms with Crippen molar-refractivity contribution in [2.75, 3.05) is 0 Å². The number of hydrogen-bond donors (Lipinski definition) is 2. The number of benzene rings is 1. The van der Waals surface area contributed by atoms with Crippen molar-refractivity contribution in [3.63, 3.8) is 0 Å². The number of nitrogens with one attached hydrogen (secondary N) is 1. The van der Waals surface area contributed by atoms with E-state index in [9.17, 15) is 0 Å². The van der Waals surface area contributed by atoms with Crippen molar-refractivity contribution in [2.45, 2.75) is 19.9 Å². The second-order valence-electron chi connectivity index (χ2n) is 3.90. The maximum Gasteiger partial charge on any atom is 0.126 e. The van der Waals surface area contributed by atoms with Gasteiger partial charge in [0.25, 0.3) is 0 Å². The normalized spacial score (nSPS) is 12.7. The largest absolute Gasteiger partial charge is 0.464 e. The van der Waals surface area contributed by atoms with Gasteiger partial charge in [-0.2, -0.15) is 0 Å². The molecular formula is C13H16N2O. The van der Waals surface area contributed by atoms with Gasteiger partial charge in [0.05, 0.1) is 0 Å². The highest BCUT2D eigenvalue weighted by molar-refractivity contribution is 5.33. The molecule has 1 unspecified atom stereocenters. The minimum Gasteiger partial charge on any atom is -0.464 e. The molecule has 1 atom stereocenters. The first-order valence-electron chi connectivity index (χ1n) is 5.30. The molecule has 0 spiro atoms. The fourth-order valence-corrected chi connectivity index (χ4v) is 1.84. The lowest BCUT2D eigenvalue weighted by Gasteiger charge is -2.16. The van der Waals surface area contributed by atoms with Crippen LogP contribution >= 0.6 is 0 Å². The Hall–Kier alpha value is -1.58. The number of hydrogen-bond acceptors (Lipinski definition) is 3. The molecule has 84 valence electrons. The SMILES string of the molecule is Cc1ccc(C(NN)c2ccccc2C)o1. The fourth-order valence-electron chi connectivity index (χ4n) is 1.84. The lowest BCUT2D eigenvalue weighted by molar-refractivity contribution is 0.434. The third-order valence-electron chi connectivity index (χ3n) is 2.71. The summed E-state index contributed by atoms with van der Waals surface area (Å²) in [6.45, 7) is 3.99. The van der Waals surface area contributed by atoms with E-state index >= 15 is 0 Å². The molecule has 1 heterocycles. The van der Waals surface area contributed by atoms with Gasteiger partial charge in [0.2, 0.25) is 0 Å². The van der Waals surface area contributed by atoms with E-state index in [2.05, 4.69) is 24.5 Å². The molecule has 0 aliphatic carbocycles. The predicted octanol–water partition coefficient (Wildman–Crippen LogP) is 2.45. The van der Waals surface area contributed by atoms with Crippen LogP contribution in [0.2, 0.25) is 0 Å². The summed E-state index contributed by atoms with van der Waals surface area (Å²) in [5, 5.41) is 0. The Kier molecular flexibility index (Phi) is 3.08. The van der Waals surface area contributed by atoms with Gasteiger partial charge in [-0.15, -0.1) is 0 Å². The molecular weight excluding hydrogens is 200 g/mol. The number of hydrazine groups is 1. The average molecular weight is 216 g/mol. The second kappa shape index (κ2) is 4.51. The van der Waals surface area contributed by atoms with Crippen LogP contribution in [-0.4, -0.2) is 0 Å². The van der Waals surface area contributed by atoms with Gasteiger partial charge in [-0.25, -0.2) is 5.43 Å². The number of rotatable bonds is 3. The lowest BCUT2D eigenvalue weighted by atomic mass is 10.00. The van der Waals surface area contributed by atoms with Crippen molar-refractivity contribution >= 4 is 0 Å². The van der Waals surface area contributed by atoms with Crippen LogP contribution in [-0.2, 0) is 0 Å². The maximum atomic E-state index is 5.60. The molecule has 0 radical (unpaired) electrons. The monoisotopic (exact) mass is 216 g/mol. The molecule has 2 rings (SSSR count). The van der Waals surface area contributed by atoms with E-state index in [0.29, 0.717) is 0 Å². The molecule has 3 nitrogen and oxygen atoms in total. The molecule has 0 saturated heterocycles. The molecule has 16 heavy (non-hydrogen) atoms. The predicted molar refractivity (Wildman–Crippen MR) is 63.8 cm³/mol. The summed E-state index contributed by atoms with van der Waals surface area (Å²) in [5.74, 6) is 7.34. The molecule has 0 amide bonds. The van der Waals surface area contributed by atoms with Crippen molar-refractivity contribution in [3.8, 4) is 0 Å². The Morgan fingerprint density at radius 2 is 1.88 bits per heavy atom. The van der Waals surface area contributed by atoms with Crippen LogP contribution < -0.4 is 11.3 Å². The minimum absolute atomic E-state index is 0.0881. The first-order valence-corrected chi connectivity index (χ1v) is 5.30. The van der Waals surface area contributed by atoms with Gasteiger partial charge >= 0.3 is 0 Å².